The van der Waals surface area contributed by atoms with Crippen LogP contribution < -0.4 is 15.6 Å². The van der Waals surface area contributed by atoms with E-state index in [0.717, 1.165) is 25.9 Å². The zero-order chi connectivity index (χ0) is 13.2. The molecular formula is C13H16FN3O2. The third-order valence-corrected chi connectivity index (χ3v) is 3.55. The van der Waals surface area contributed by atoms with Gasteiger partial charge in [0.25, 0.3) is 5.56 Å². The molecule has 1 aliphatic heterocycles. The van der Waals surface area contributed by atoms with Crippen molar-refractivity contribution in [1.29, 1.82) is 0 Å². The first-order chi connectivity index (χ1) is 9.24. The second-order valence-electron chi connectivity index (χ2n) is 4.91. The van der Waals surface area contributed by atoms with Crippen molar-refractivity contribution in [2.75, 3.05) is 19.7 Å². The van der Waals surface area contributed by atoms with Crippen molar-refractivity contribution in [3.63, 3.8) is 0 Å². The fourth-order valence-electron chi connectivity index (χ4n) is 2.44. The van der Waals surface area contributed by atoms with Gasteiger partial charge in [-0.15, -0.1) is 0 Å². The molecule has 1 aliphatic rings. The van der Waals surface area contributed by atoms with E-state index in [-0.39, 0.29) is 5.39 Å². The van der Waals surface area contributed by atoms with Gasteiger partial charge in [0.15, 0.2) is 0 Å². The highest BCUT2D eigenvalue weighted by Crippen LogP contribution is 2.22. The molecule has 102 valence electrons. The predicted octanol–water partition coefficient (Wildman–Crippen LogP) is 1.37. The summed E-state index contributed by atoms with van der Waals surface area (Å²) >= 11 is 0. The molecule has 19 heavy (non-hydrogen) atoms. The maximum Gasteiger partial charge on any atom is 0.274 e. The number of H-pyrrole nitrogens is 2. The van der Waals surface area contributed by atoms with Gasteiger partial charge in [0.05, 0.1) is 12.1 Å². The van der Waals surface area contributed by atoms with E-state index in [0.29, 0.717) is 23.8 Å². The van der Waals surface area contributed by atoms with Gasteiger partial charge in [0.2, 0.25) is 0 Å². The summed E-state index contributed by atoms with van der Waals surface area (Å²) in [4.78, 5) is 11.3. The zero-order valence-corrected chi connectivity index (χ0v) is 10.5. The van der Waals surface area contributed by atoms with E-state index in [2.05, 4.69) is 15.5 Å². The van der Waals surface area contributed by atoms with E-state index in [4.69, 9.17) is 4.74 Å². The number of aromatic amines is 2. The lowest BCUT2D eigenvalue weighted by atomic mass is 9.99. The largest absolute Gasteiger partial charge is 0.493 e. The van der Waals surface area contributed by atoms with Crippen LogP contribution in [0.15, 0.2) is 16.9 Å². The fraction of sp³-hybridized carbons (Fsp3) is 0.462. The Hall–Kier alpha value is -1.82. The van der Waals surface area contributed by atoms with E-state index in [9.17, 15) is 9.18 Å². The summed E-state index contributed by atoms with van der Waals surface area (Å²) in [7, 11) is 0. The Morgan fingerprint density at radius 3 is 2.84 bits per heavy atom. The van der Waals surface area contributed by atoms with Crippen LogP contribution in [0.2, 0.25) is 0 Å². The first-order valence-electron chi connectivity index (χ1n) is 6.47. The molecule has 1 aromatic carbocycles. The van der Waals surface area contributed by atoms with Gasteiger partial charge in [-0.2, -0.15) is 0 Å². The fourth-order valence-corrected chi connectivity index (χ4v) is 2.44. The number of halogens is 1. The summed E-state index contributed by atoms with van der Waals surface area (Å²) in [6, 6.07) is 2.92. The molecule has 0 bridgehead atoms. The first-order valence-corrected chi connectivity index (χ1v) is 6.47. The molecular weight excluding hydrogens is 249 g/mol. The van der Waals surface area contributed by atoms with Gasteiger partial charge in [0, 0.05) is 12.1 Å². The average molecular weight is 265 g/mol. The highest BCUT2D eigenvalue weighted by atomic mass is 19.1. The number of benzene rings is 1. The van der Waals surface area contributed by atoms with Crippen molar-refractivity contribution in [2.45, 2.75) is 12.8 Å². The molecule has 0 atom stereocenters. The van der Waals surface area contributed by atoms with Crippen LogP contribution in [0, 0.1) is 11.7 Å². The Balaban J connectivity index is 1.75. The standard InChI is InChI=1S/C13H16FN3O2/c14-10-5-9(6-11-12(10)13(18)17-16-11)19-7-8-1-3-15-4-2-8/h5-6,8,15H,1-4,7H2,(H2,16,17,18). The number of fused-ring (bicyclic) bond motifs is 1. The number of piperidine rings is 1. The molecule has 2 aromatic rings. The van der Waals surface area contributed by atoms with Crippen LogP contribution in [0.1, 0.15) is 12.8 Å². The van der Waals surface area contributed by atoms with Crippen molar-refractivity contribution in [3.8, 4) is 5.75 Å². The lowest BCUT2D eigenvalue weighted by Crippen LogP contribution is -2.30. The van der Waals surface area contributed by atoms with Crippen LogP contribution in [-0.2, 0) is 0 Å². The highest BCUT2D eigenvalue weighted by Gasteiger charge is 2.15. The molecule has 1 saturated heterocycles. The maximum atomic E-state index is 13.8. The van der Waals surface area contributed by atoms with Gasteiger partial charge in [-0.25, -0.2) is 4.39 Å². The Labute approximate surface area is 109 Å². The summed E-state index contributed by atoms with van der Waals surface area (Å²) in [5.74, 6) is 0.407. The second-order valence-corrected chi connectivity index (χ2v) is 4.91. The SMILES string of the molecule is O=c1[nH][nH]c2cc(OCC3CCNCC3)cc(F)c12. The van der Waals surface area contributed by atoms with Gasteiger partial charge < -0.3 is 10.1 Å². The number of hydrogen-bond donors (Lipinski definition) is 3. The minimum absolute atomic E-state index is 0.0502. The lowest BCUT2D eigenvalue weighted by Gasteiger charge is -2.22. The molecule has 1 aromatic heterocycles. The number of rotatable bonds is 3. The third kappa shape index (κ3) is 2.49. The normalized spacial score (nSPS) is 16.9. The summed E-state index contributed by atoms with van der Waals surface area (Å²) in [5, 5.41) is 8.34. The highest BCUT2D eigenvalue weighted by molar-refractivity contribution is 5.79. The van der Waals surface area contributed by atoms with Crippen LogP contribution >= 0.6 is 0 Å². The minimum atomic E-state index is -0.555. The van der Waals surface area contributed by atoms with E-state index in [1.807, 2.05) is 0 Å². The molecule has 0 unspecified atom stereocenters. The summed E-state index contributed by atoms with van der Waals surface area (Å²) in [5.41, 5.74) is -0.0114. The molecule has 1 fully saturated rings. The molecule has 2 heterocycles. The monoisotopic (exact) mass is 265 g/mol. The van der Waals surface area contributed by atoms with Crippen molar-refractivity contribution < 1.29 is 9.13 Å². The van der Waals surface area contributed by atoms with Crippen molar-refractivity contribution in [1.82, 2.24) is 15.5 Å². The van der Waals surface area contributed by atoms with E-state index in [1.165, 1.54) is 6.07 Å². The van der Waals surface area contributed by atoms with Gasteiger partial charge in [0.1, 0.15) is 17.0 Å². The summed E-state index contributed by atoms with van der Waals surface area (Å²) < 4.78 is 19.4. The number of hydrogen-bond acceptors (Lipinski definition) is 3. The minimum Gasteiger partial charge on any atom is -0.493 e. The second kappa shape index (κ2) is 5.05. The maximum absolute atomic E-state index is 13.8. The number of nitrogens with one attached hydrogen (secondary N) is 3. The van der Waals surface area contributed by atoms with Gasteiger partial charge in [-0.3, -0.25) is 15.0 Å². The Morgan fingerprint density at radius 2 is 2.05 bits per heavy atom. The van der Waals surface area contributed by atoms with Crippen LogP contribution in [0.3, 0.4) is 0 Å². The van der Waals surface area contributed by atoms with E-state index in [1.54, 1.807) is 6.07 Å². The summed E-state index contributed by atoms with van der Waals surface area (Å²) in [6.07, 6.45) is 2.15. The van der Waals surface area contributed by atoms with Crippen molar-refractivity contribution in [3.05, 3.63) is 28.3 Å². The Kier molecular flexibility index (Phi) is 3.25. The zero-order valence-electron chi connectivity index (χ0n) is 10.5. The first kappa shape index (κ1) is 12.2. The number of ether oxygens (including phenoxy) is 1. The predicted molar refractivity (Wildman–Crippen MR) is 70.0 cm³/mol. The lowest BCUT2D eigenvalue weighted by molar-refractivity contribution is 0.215. The molecule has 0 amide bonds. The molecule has 5 nitrogen and oxygen atoms in total. The molecule has 0 radical (unpaired) electrons. The molecule has 0 spiro atoms. The number of aromatic nitrogens is 2. The Bertz CT molecular complexity index is 628. The van der Waals surface area contributed by atoms with E-state index >= 15 is 0 Å². The molecule has 3 N–H and O–H groups in total. The van der Waals surface area contributed by atoms with Gasteiger partial charge >= 0.3 is 0 Å². The Morgan fingerprint density at radius 1 is 1.26 bits per heavy atom. The van der Waals surface area contributed by atoms with Crippen molar-refractivity contribution in [2.24, 2.45) is 5.92 Å². The topological polar surface area (TPSA) is 69.9 Å². The van der Waals surface area contributed by atoms with Crippen LogP contribution in [0.5, 0.6) is 5.75 Å². The van der Waals surface area contributed by atoms with Crippen LogP contribution in [0.25, 0.3) is 10.9 Å². The smallest absolute Gasteiger partial charge is 0.274 e. The molecule has 3 rings (SSSR count). The average Bonchev–Trinajstić information content (AvgIpc) is 2.80. The van der Waals surface area contributed by atoms with E-state index < -0.39 is 11.4 Å². The van der Waals surface area contributed by atoms with Crippen LogP contribution in [-0.4, -0.2) is 29.9 Å². The molecule has 0 saturated carbocycles. The van der Waals surface area contributed by atoms with Gasteiger partial charge in [-0.1, -0.05) is 0 Å². The quantitative estimate of drug-likeness (QED) is 0.785. The molecule has 0 aliphatic carbocycles. The van der Waals surface area contributed by atoms with Crippen molar-refractivity contribution >= 4 is 10.9 Å². The third-order valence-electron chi connectivity index (χ3n) is 3.55. The molecule has 6 heteroatoms. The van der Waals surface area contributed by atoms with Crippen LogP contribution in [0.4, 0.5) is 4.39 Å². The summed E-state index contributed by atoms with van der Waals surface area (Å²) in [6.45, 7) is 2.60. The van der Waals surface area contributed by atoms with Gasteiger partial charge in [-0.05, 0) is 31.8 Å².